The molecule has 15 heavy (non-hydrogen) atoms. The summed E-state index contributed by atoms with van der Waals surface area (Å²) >= 11 is 23.0. The number of hydrogen-bond acceptors (Lipinski definition) is 2. The van der Waals surface area contributed by atoms with Crippen LogP contribution in [0, 0.1) is 5.41 Å². The van der Waals surface area contributed by atoms with Gasteiger partial charge in [-0.15, -0.1) is 11.6 Å². The maximum absolute atomic E-state index is 10.7. The summed E-state index contributed by atoms with van der Waals surface area (Å²) in [5.74, 6) is -0.346. The molecule has 6 heteroatoms. The maximum Gasteiger partial charge on any atom is 0.302 e. The molecule has 0 aliphatic carbocycles. The van der Waals surface area contributed by atoms with E-state index in [-0.39, 0.29) is 24.4 Å². The molecule has 0 fully saturated rings. The highest BCUT2D eigenvalue weighted by molar-refractivity contribution is 6.67. The van der Waals surface area contributed by atoms with Crippen molar-refractivity contribution < 1.29 is 9.53 Å². The number of esters is 1. The van der Waals surface area contributed by atoms with E-state index < -0.39 is 9.21 Å². The molecular weight excluding hydrogens is 282 g/mol. The minimum atomic E-state index is -1.39. The van der Waals surface area contributed by atoms with Gasteiger partial charge in [0.15, 0.2) is 3.79 Å². The number of hydrogen-bond donors (Lipinski definition) is 0. The summed E-state index contributed by atoms with van der Waals surface area (Å²) in [6.07, 6.45) is 0.202. The minimum Gasteiger partial charge on any atom is -0.465 e. The van der Waals surface area contributed by atoms with Gasteiger partial charge < -0.3 is 4.74 Å². The van der Waals surface area contributed by atoms with Crippen LogP contribution in [0.2, 0.25) is 0 Å². The topological polar surface area (TPSA) is 26.3 Å². The highest BCUT2D eigenvalue weighted by Crippen LogP contribution is 2.39. The Kier molecular flexibility index (Phi) is 6.05. The summed E-state index contributed by atoms with van der Waals surface area (Å²) < 4.78 is 3.50. The minimum absolute atomic E-state index is 0.202. The summed E-state index contributed by atoms with van der Waals surface area (Å²) in [6, 6.07) is 0. The fraction of sp³-hybridized carbons (Fsp3) is 0.889. The molecule has 1 unspecified atom stereocenters. The fourth-order valence-electron chi connectivity index (χ4n) is 0.858. The summed E-state index contributed by atoms with van der Waals surface area (Å²) in [6.45, 7) is 5.25. The van der Waals surface area contributed by atoms with Gasteiger partial charge in [-0.1, -0.05) is 48.7 Å². The van der Waals surface area contributed by atoms with E-state index in [2.05, 4.69) is 0 Å². The van der Waals surface area contributed by atoms with Crippen molar-refractivity contribution in [1.29, 1.82) is 0 Å². The van der Waals surface area contributed by atoms with Crippen molar-refractivity contribution in [2.45, 2.75) is 36.4 Å². The van der Waals surface area contributed by atoms with E-state index in [0.29, 0.717) is 0 Å². The maximum atomic E-state index is 10.7. The van der Waals surface area contributed by atoms with Crippen LogP contribution in [0.4, 0.5) is 0 Å². The normalized spacial score (nSPS) is 14.9. The molecule has 0 rings (SSSR count). The zero-order chi connectivity index (χ0) is 12.3. The van der Waals surface area contributed by atoms with E-state index in [1.807, 2.05) is 13.8 Å². The molecule has 0 aromatic rings. The molecule has 2 nitrogen and oxygen atoms in total. The summed E-state index contributed by atoms with van der Waals surface area (Å²) in [7, 11) is 0. The average molecular weight is 296 g/mol. The van der Waals surface area contributed by atoms with Crippen LogP contribution in [0.25, 0.3) is 0 Å². The van der Waals surface area contributed by atoms with E-state index in [9.17, 15) is 4.79 Å². The van der Waals surface area contributed by atoms with Gasteiger partial charge in [-0.05, 0) is 0 Å². The van der Waals surface area contributed by atoms with Crippen molar-refractivity contribution in [3.8, 4) is 0 Å². The van der Waals surface area contributed by atoms with Gasteiger partial charge in [-0.25, -0.2) is 0 Å². The van der Waals surface area contributed by atoms with Crippen LogP contribution < -0.4 is 0 Å². The van der Waals surface area contributed by atoms with Crippen LogP contribution in [-0.4, -0.2) is 21.7 Å². The molecular formula is C9H14Cl4O2. The van der Waals surface area contributed by atoms with Crippen LogP contribution >= 0.6 is 46.4 Å². The number of carbonyl (C=O) groups excluding carboxylic acids is 1. The van der Waals surface area contributed by atoms with Gasteiger partial charge in [0.05, 0.1) is 6.61 Å². The van der Waals surface area contributed by atoms with Crippen molar-refractivity contribution in [1.82, 2.24) is 0 Å². The van der Waals surface area contributed by atoms with E-state index in [4.69, 9.17) is 51.1 Å². The van der Waals surface area contributed by atoms with Crippen molar-refractivity contribution in [3.63, 3.8) is 0 Å². The Balaban J connectivity index is 4.25. The molecule has 0 heterocycles. The molecule has 0 aliphatic rings. The van der Waals surface area contributed by atoms with Gasteiger partial charge in [0, 0.05) is 24.1 Å². The van der Waals surface area contributed by atoms with Gasteiger partial charge in [0.25, 0.3) is 0 Å². The highest BCUT2D eigenvalue weighted by Gasteiger charge is 2.35. The molecule has 0 saturated carbocycles. The van der Waals surface area contributed by atoms with Gasteiger partial charge in [-0.2, -0.15) is 0 Å². The standard InChI is InChI=1S/C9H14Cl4O2/c1-6(14)15-5-8(2,3)7(10)4-9(11,12)13/h7H,4-5H2,1-3H3. The Morgan fingerprint density at radius 2 is 1.80 bits per heavy atom. The lowest BCUT2D eigenvalue weighted by Crippen LogP contribution is -2.33. The molecule has 90 valence electrons. The lowest BCUT2D eigenvalue weighted by Gasteiger charge is -2.31. The lowest BCUT2D eigenvalue weighted by atomic mass is 9.88. The number of ether oxygens (including phenoxy) is 1. The van der Waals surface area contributed by atoms with Crippen LogP contribution in [0.5, 0.6) is 0 Å². The molecule has 0 bridgehead atoms. The van der Waals surface area contributed by atoms with Crippen molar-refractivity contribution in [2.75, 3.05) is 6.61 Å². The third kappa shape index (κ3) is 7.51. The Morgan fingerprint density at radius 1 is 1.33 bits per heavy atom. The number of alkyl halides is 4. The van der Waals surface area contributed by atoms with Gasteiger partial charge in [0.2, 0.25) is 0 Å². The summed E-state index contributed by atoms with van der Waals surface area (Å²) in [5.41, 5.74) is -0.433. The molecule has 0 N–H and O–H groups in total. The Hall–Kier alpha value is 0.630. The Morgan fingerprint density at radius 3 is 2.13 bits per heavy atom. The van der Waals surface area contributed by atoms with Crippen LogP contribution in [0.1, 0.15) is 27.2 Å². The third-order valence-corrected chi connectivity index (χ3v) is 3.11. The molecule has 0 amide bonds. The first-order valence-corrected chi connectivity index (χ1v) is 5.96. The molecule has 0 aromatic heterocycles. The zero-order valence-corrected chi connectivity index (χ0v) is 11.8. The zero-order valence-electron chi connectivity index (χ0n) is 8.82. The van der Waals surface area contributed by atoms with E-state index in [1.54, 1.807) is 0 Å². The smallest absolute Gasteiger partial charge is 0.302 e. The van der Waals surface area contributed by atoms with E-state index in [1.165, 1.54) is 6.92 Å². The molecule has 0 radical (unpaired) electrons. The SMILES string of the molecule is CC(=O)OCC(C)(C)C(Cl)CC(Cl)(Cl)Cl. The van der Waals surface area contributed by atoms with Crippen molar-refractivity contribution in [3.05, 3.63) is 0 Å². The predicted molar refractivity (Wildman–Crippen MR) is 65.0 cm³/mol. The second-order valence-electron chi connectivity index (χ2n) is 4.06. The average Bonchev–Trinajstić information content (AvgIpc) is 1.97. The molecule has 0 saturated heterocycles. The first-order chi connectivity index (χ1) is 6.54. The van der Waals surface area contributed by atoms with E-state index in [0.717, 1.165) is 0 Å². The monoisotopic (exact) mass is 294 g/mol. The van der Waals surface area contributed by atoms with Crippen LogP contribution in [0.3, 0.4) is 0 Å². The van der Waals surface area contributed by atoms with Crippen molar-refractivity contribution in [2.24, 2.45) is 5.41 Å². The number of halogens is 4. The molecule has 1 atom stereocenters. The van der Waals surface area contributed by atoms with Gasteiger partial charge in [0.1, 0.15) is 0 Å². The molecule has 0 aliphatic heterocycles. The second-order valence-corrected chi connectivity index (χ2v) is 7.10. The van der Waals surface area contributed by atoms with Crippen molar-refractivity contribution >= 4 is 52.4 Å². The summed E-state index contributed by atoms with van der Waals surface area (Å²) in [4.78, 5) is 10.7. The fourth-order valence-corrected chi connectivity index (χ4v) is 1.85. The first kappa shape index (κ1) is 15.6. The van der Waals surface area contributed by atoms with E-state index >= 15 is 0 Å². The van der Waals surface area contributed by atoms with Gasteiger partial charge >= 0.3 is 5.97 Å². The largest absolute Gasteiger partial charge is 0.465 e. The van der Waals surface area contributed by atoms with Gasteiger partial charge in [-0.3, -0.25) is 4.79 Å². The predicted octanol–water partition coefficient (Wildman–Crippen LogP) is 3.94. The highest BCUT2D eigenvalue weighted by atomic mass is 35.6. The Bertz CT molecular complexity index is 223. The van der Waals surface area contributed by atoms with Crippen LogP contribution in [-0.2, 0) is 9.53 Å². The quantitative estimate of drug-likeness (QED) is 0.580. The third-order valence-electron chi connectivity index (χ3n) is 1.91. The summed E-state index contributed by atoms with van der Waals surface area (Å²) in [5, 5.41) is -0.385. The Labute approximate surface area is 110 Å². The number of carbonyl (C=O) groups is 1. The molecule has 0 aromatic carbocycles. The lowest BCUT2D eigenvalue weighted by molar-refractivity contribution is -0.144. The first-order valence-electron chi connectivity index (χ1n) is 4.39. The number of rotatable bonds is 4. The molecule has 0 spiro atoms. The second kappa shape index (κ2) is 5.81. The van der Waals surface area contributed by atoms with Crippen LogP contribution in [0.15, 0.2) is 0 Å².